The van der Waals surface area contributed by atoms with Crippen LogP contribution in [0.1, 0.15) is 72.3 Å². The molecule has 1 aromatic carbocycles. The van der Waals surface area contributed by atoms with E-state index in [1.807, 2.05) is 44.2 Å². The molecule has 2 N–H and O–H groups in total. The number of amides is 1. The summed E-state index contributed by atoms with van der Waals surface area (Å²) in [5, 5.41) is 13.4. The van der Waals surface area contributed by atoms with E-state index in [9.17, 15) is 9.90 Å². The fourth-order valence-electron chi connectivity index (χ4n) is 3.59. The van der Waals surface area contributed by atoms with Gasteiger partial charge in [0.25, 0.3) is 5.91 Å². The molecule has 0 spiro atoms. The molecule has 24 heavy (non-hydrogen) atoms. The van der Waals surface area contributed by atoms with Gasteiger partial charge >= 0.3 is 0 Å². The fraction of sp³-hybridized carbons (Fsp3) is 0.450. The third kappa shape index (κ3) is 3.11. The molecule has 2 aromatic rings. The van der Waals surface area contributed by atoms with E-state index in [4.69, 9.17) is 4.42 Å². The molecule has 0 fully saturated rings. The molecule has 0 aliphatic heterocycles. The first kappa shape index (κ1) is 16.8. The van der Waals surface area contributed by atoms with Gasteiger partial charge in [0.2, 0.25) is 0 Å². The quantitative estimate of drug-likeness (QED) is 0.892. The average molecular weight is 327 g/mol. The largest absolute Gasteiger partial charge is 0.455 e. The lowest BCUT2D eigenvalue weighted by molar-refractivity contribution is 0.0876. The molecule has 0 saturated carbocycles. The van der Waals surface area contributed by atoms with E-state index >= 15 is 0 Å². The summed E-state index contributed by atoms with van der Waals surface area (Å²) in [5.74, 6) is 0.830. The molecule has 1 aliphatic carbocycles. The lowest BCUT2D eigenvalue weighted by Crippen LogP contribution is -2.26. The highest BCUT2D eigenvalue weighted by Gasteiger charge is 2.37. The number of rotatable bonds is 3. The molecular weight excluding hydrogens is 302 g/mol. The van der Waals surface area contributed by atoms with Crippen molar-refractivity contribution < 1.29 is 14.3 Å². The Labute approximate surface area is 142 Å². The molecule has 128 valence electrons. The molecule has 3 rings (SSSR count). The molecule has 1 heterocycles. The summed E-state index contributed by atoms with van der Waals surface area (Å²) in [6, 6.07) is 9.71. The van der Waals surface area contributed by atoms with Crippen LogP contribution in [0.5, 0.6) is 0 Å². The zero-order chi connectivity index (χ0) is 17.5. The third-order valence-corrected chi connectivity index (χ3v) is 4.84. The third-order valence-electron chi connectivity index (χ3n) is 4.84. The van der Waals surface area contributed by atoms with Gasteiger partial charge in [-0.1, -0.05) is 44.2 Å². The predicted molar refractivity (Wildman–Crippen MR) is 92.8 cm³/mol. The molecule has 0 bridgehead atoms. The summed E-state index contributed by atoms with van der Waals surface area (Å²) < 4.78 is 5.87. The number of aliphatic hydroxyl groups is 1. The van der Waals surface area contributed by atoms with E-state index in [1.54, 1.807) is 0 Å². The standard InChI is InChI=1S/C20H25NO3/c1-12-17-15(22)10-20(3,4)11-16(17)24-18(12)19(23)21-13(2)14-8-6-5-7-9-14/h5-9,13,15,22H,10-11H2,1-4H3,(H,21,23)/t13-,15+/m1/s1. The molecule has 0 saturated heterocycles. The van der Waals surface area contributed by atoms with Gasteiger partial charge in [-0.05, 0) is 31.2 Å². The van der Waals surface area contributed by atoms with E-state index in [1.165, 1.54) is 0 Å². The minimum atomic E-state index is -0.569. The van der Waals surface area contributed by atoms with Crippen LogP contribution in [0.15, 0.2) is 34.7 Å². The first-order chi connectivity index (χ1) is 11.3. The summed E-state index contributed by atoms with van der Waals surface area (Å²) in [6.45, 7) is 8.01. The van der Waals surface area contributed by atoms with Gasteiger partial charge in [-0.3, -0.25) is 4.79 Å². The number of carbonyl (C=O) groups excluding carboxylic acids is 1. The smallest absolute Gasteiger partial charge is 0.287 e. The van der Waals surface area contributed by atoms with Crippen molar-refractivity contribution in [1.29, 1.82) is 0 Å². The highest BCUT2D eigenvalue weighted by molar-refractivity contribution is 5.93. The number of carbonyl (C=O) groups is 1. The fourth-order valence-corrected chi connectivity index (χ4v) is 3.59. The normalized spacial score (nSPS) is 20.3. The van der Waals surface area contributed by atoms with Gasteiger partial charge in [-0.25, -0.2) is 0 Å². The average Bonchev–Trinajstić information content (AvgIpc) is 2.83. The van der Waals surface area contributed by atoms with Crippen LogP contribution in [0.3, 0.4) is 0 Å². The zero-order valence-corrected chi connectivity index (χ0v) is 14.7. The first-order valence-electron chi connectivity index (χ1n) is 8.44. The number of hydrogen-bond donors (Lipinski definition) is 2. The van der Waals surface area contributed by atoms with Crippen LogP contribution in [0.2, 0.25) is 0 Å². The molecule has 0 radical (unpaired) electrons. The Morgan fingerprint density at radius 1 is 1.33 bits per heavy atom. The van der Waals surface area contributed by atoms with Crippen molar-refractivity contribution in [1.82, 2.24) is 5.32 Å². The van der Waals surface area contributed by atoms with Gasteiger partial charge in [-0.2, -0.15) is 0 Å². The van der Waals surface area contributed by atoms with Crippen molar-refractivity contribution in [3.8, 4) is 0 Å². The summed E-state index contributed by atoms with van der Waals surface area (Å²) in [6.07, 6.45) is 0.851. The van der Waals surface area contributed by atoms with Crippen LogP contribution in [0.4, 0.5) is 0 Å². The van der Waals surface area contributed by atoms with Gasteiger partial charge in [0.1, 0.15) is 5.76 Å². The Hall–Kier alpha value is -2.07. The van der Waals surface area contributed by atoms with E-state index in [-0.39, 0.29) is 17.4 Å². The van der Waals surface area contributed by atoms with Crippen molar-refractivity contribution in [2.45, 2.75) is 52.7 Å². The number of fused-ring (bicyclic) bond motifs is 1. The van der Waals surface area contributed by atoms with Crippen LogP contribution >= 0.6 is 0 Å². The SMILES string of the molecule is Cc1c(C(=O)N[C@H](C)c2ccccc2)oc2c1[C@@H](O)CC(C)(C)C2. The topological polar surface area (TPSA) is 62.5 Å². The van der Waals surface area contributed by atoms with Crippen LogP contribution in [0, 0.1) is 12.3 Å². The van der Waals surface area contributed by atoms with Crippen molar-refractivity contribution >= 4 is 5.91 Å². The number of aliphatic hydroxyl groups excluding tert-OH is 1. The van der Waals surface area contributed by atoms with Gasteiger partial charge in [0, 0.05) is 17.5 Å². The van der Waals surface area contributed by atoms with Crippen LogP contribution in [-0.4, -0.2) is 11.0 Å². The number of nitrogens with one attached hydrogen (secondary N) is 1. The molecule has 4 nitrogen and oxygen atoms in total. The monoisotopic (exact) mass is 327 g/mol. The molecule has 0 unspecified atom stereocenters. The summed E-state index contributed by atoms with van der Waals surface area (Å²) in [7, 11) is 0. The van der Waals surface area contributed by atoms with Crippen molar-refractivity contribution in [2.24, 2.45) is 5.41 Å². The molecule has 1 aliphatic rings. The maximum absolute atomic E-state index is 12.6. The van der Waals surface area contributed by atoms with Gasteiger partial charge < -0.3 is 14.8 Å². The van der Waals surface area contributed by atoms with E-state index < -0.39 is 6.10 Å². The minimum absolute atomic E-state index is 0.0260. The molecule has 1 aromatic heterocycles. The van der Waals surface area contributed by atoms with Crippen molar-refractivity contribution in [3.63, 3.8) is 0 Å². The summed E-state index contributed by atoms with van der Waals surface area (Å²) in [4.78, 5) is 12.6. The lowest BCUT2D eigenvalue weighted by atomic mass is 9.75. The van der Waals surface area contributed by atoms with E-state index in [2.05, 4.69) is 19.2 Å². The Balaban J connectivity index is 1.84. The van der Waals surface area contributed by atoms with Crippen LogP contribution < -0.4 is 5.32 Å². The van der Waals surface area contributed by atoms with Gasteiger partial charge in [0.15, 0.2) is 5.76 Å². The van der Waals surface area contributed by atoms with E-state index in [0.29, 0.717) is 12.2 Å². The second kappa shape index (κ2) is 6.10. The molecule has 4 heteroatoms. The Bertz CT molecular complexity index is 746. The summed E-state index contributed by atoms with van der Waals surface area (Å²) in [5.41, 5.74) is 2.57. The minimum Gasteiger partial charge on any atom is -0.455 e. The molecule has 1 amide bonds. The van der Waals surface area contributed by atoms with Crippen molar-refractivity contribution in [3.05, 3.63) is 58.5 Å². The number of benzene rings is 1. The lowest BCUT2D eigenvalue weighted by Gasteiger charge is -2.31. The Morgan fingerprint density at radius 2 is 2.00 bits per heavy atom. The first-order valence-corrected chi connectivity index (χ1v) is 8.44. The van der Waals surface area contributed by atoms with Gasteiger partial charge in [0.05, 0.1) is 12.1 Å². The second-order valence-corrected chi connectivity index (χ2v) is 7.56. The highest BCUT2D eigenvalue weighted by Crippen LogP contribution is 2.43. The van der Waals surface area contributed by atoms with E-state index in [0.717, 1.165) is 28.9 Å². The highest BCUT2D eigenvalue weighted by atomic mass is 16.4. The maximum atomic E-state index is 12.6. The van der Waals surface area contributed by atoms with Crippen molar-refractivity contribution in [2.75, 3.05) is 0 Å². The predicted octanol–water partition coefficient (Wildman–Crippen LogP) is 4.08. The number of furan rings is 1. The van der Waals surface area contributed by atoms with Gasteiger partial charge in [-0.15, -0.1) is 0 Å². The van der Waals surface area contributed by atoms with Crippen LogP contribution in [-0.2, 0) is 6.42 Å². The zero-order valence-electron chi connectivity index (χ0n) is 14.7. The Morgan fingerprint density at radius 3 is 2.67 bits per heavy atom. The molecule has 2 atom stereocenters. The Kier molecular flexibility index (Phi) is 4.26. The van der Waals surface area contributed by atoms with Crippen LogP contribution in [0.25, 0.3) is 0 Å². The maximum Gasteiger partial charge on any atom is 0.287 e. The second-order valence-electron chi connectivity index (χ2n) is 7.56. The molecular formula is C20H25NO3. The number of hydrogen-bond acceptors (Lipinski definition) is 3. The summed E-state index contributed by atoms with van der Waals surface area (Å²) >= 11 is 0.